The van der Waals surface area contributed by atoms with Crippen molar-refractivity contribution in [2.45, 2.75) is 60.3 Å². The Kier molecular flexibility index (Phi) is 9.68. The fraction of sp³-hybridized carbons (Fsp3) is 0.250. The van der Waals surface area contributed by atoms with Gasteiger partial charge in [0.15, 0.2) is 11.4 Å². The summed E-state index contributed by atoms with van der Waals surface area (Å²) >= 11 is 0. The molecule has 0 fully saturated rings. The van der Waals surface area contributed by atoms with Crippen LogP contribution in [0.25, 0.3) is 55.7 Å². The van der Waals surface area contributed by atoms with Gasteiger partial charge in [0.1, 0.15) is 5.76 Å². The van der Waals surface area contributed by atoms with E-state index in [1.165, 1.54) is 36.6 Å². The van der Waals surface area contributed by atoms with E-state index in [2.05, 4.69) is 69.1 Å². The van der Waals surface area contributed by atoms with Gasteiger partial charge in [-0.2, -0.15) is 0 Å². The molecule has 0 saturated heterocycles. The van der Waals surface area contributed by atoms with Gasteiger partial charge >= 0.3 is 0 Å². The second-order valence-corrected chi connectivity index (χ2v) is 11.2. The van der Waals surface area contributed by atoms with Gasteiger partial charge in [-0.3, -0.25) is 9.78 Å². The summed E-state index contributed by atoms with van der Waals surface area (Å²) in [5.41, 5.74) is 9.30. The normalized spacial score (nSPS) is 11.7. The Labute approximate surface area is 265 Å². The molecule has 4 heterocycles. The van der Waals surface area contributed by atoms with Crippen molar-refractivity contribution in [3.05, 3.63) is 95.4 Å². The van der Waals surface area contributed by atoms with Crippen molar-refractivity contribution < 1.29 is 38.8 Å². The Morgan fingerprint density at radius 1 is 0.907 bits per heavy atom. The van der Waals surface area contributed by atoms with Crippen LogP contribution in [0.2, 0.25) is 0 Å². The number of allylic oxidation sites excluding steroid dienone is 2. The van der Waals surface area contributed by atoms with Crippen LogP contribution in [0.4, 0.5) is 0 Å². The Morgan fingerprint density at radius 2 is 1.60 bits per heavy atom. The van der Waals surface area contributed by atoms with Crippen LogP contribution in [0.15, 0.2) is 81.3 Å². The molecule has 4 aromatic heterocycles. The first-order chi connectivity index (χ1) is 20.0. The molecule has 0 spiro atoms. The number of aliphatic hydroxyl groups excluding tert-OH is 1. The number of pyridine rings is 2. The minimum absolute atomic E-state index is 0. The topological polar surface area (TPSA) is 89.4 Å². The molecule has 1 N–H and O–H groups in total. The number of aromatic nitrogens is 2. The average Bonchev–Trinajstić information content (AvgIpc) is 3.52. The largest absolute Gasteiger partial charge is 0.512 e. The standard InChI is InChI=1S/C31H27N2O2.C5H8O2.Ir/c1-17(2)20-8-6-9-21(18(3)4)29(20)28-16-26-27(34-28)15-14-25(33-26)24-11-7-10-22-23-13-12-19(5)32-31(23)35-30(22)24;1-4(6)3-5(2)7;/h6-10,12-18H,1-5H3;3,6H,1-2H3;/q-1;;/b;4-3-;. The van der Waals surface area contributed by atoms with E-state index in [-0.39, 0.29) is 31.6 Å². The van der Waals surface area contributed by atoms with Crippen LogP contribution in [-0.4, -0.2) is 20.9 Å². The number of rotatable bonds is 5. The van der Waals surface area contributed by atoms with Crippen molar-refractivity contribution in [1.82, 2.24) is 9.97 Å². The van der Waals surface area contributed by atoms with Gasteiger partial charge in [-0.25, -0.2) is 4.98 Å². The number of furan rings is 2. The molecule has 0 aliphatic rings. The molecule has 0 aliphatic heterocycles. The van der Waals surface area contributed by atoms with Gasteiger partial charge in [0.2, 0.25) is 5.71 Å². The molecule has 2 aromatic carbocycles. The monoisotopic (exact) mass is 752 g/mol. The van der Waals surface area contributed by atoms with Crippen molar-refractivity contribution in [2.75, 3.05) is 0 Å². The van der Waals surface area contributed by atoms with Crippen molar-refractivity contribution in [3.8, 4) is 22.6 Å². The van der Waals surface area contributed by atoms with E-state index in [0.29, 0.717) is 17.5 Å². The number of benzene rings is 2. The molecule has 43 heavy (non-hydrogen) atoms. The summed E-state index contributed by atoms with van der Waals surface area (Å²) in [5.74, 6) is 1.58. The molecule has 0 bridgehead atoms. The zero-order chi connectivity index (χ0) is 30.1. The number of hydrogen-bond acceptors (Lipinski definition) is 6. The Hall–Kier alpha value is -4.06. The SMILES string of the molecule is CC(=O)/C=C(/C)O.Cc1ccc2c(n1)oc1c(-c3ccc4oc(-c5c(C(C)C)cccc5C(C)C)cc4n3)[c-]ccc12.[Ir]. The second-order valence-electron chi connectivity index (χ2n) is 11.2. The van der Waals surface area contributed by atoms with Gasteiger partial charge in [0, 0.05) is 48.9 Å². The van der Waals surface area contributed by atoms with Crippen LogP contribution in [0.1, 0.15) is 70.2 Å². The maximum absolute atomic E-state index is 10.0. The minimum atomic E-state index is -0.125. The molecular formula is C36H35IrN2O4-. The molecular weight excluding hydrogens is 717 g/mol. The van der Waals surface area contributed by atoms with E-state index in [4.69, 9.17) is 18.9 Å². The molecule has 6 nitrogen and oxygen atoms in total. The molecule has 6 aromatic rings. The van der Waals surface area contributed by atoms with Crippen molar-refractivity contribution in [2.24, 2.45) is 0 Å². The Bertz CT molecular complexity index is 1930. The summed E-state index contributed by atoms with van der Waals surface area (Å²) < 4.78 is 12.6. The van der Waals surface area contributed by atoms with E-state index in [1.807, 2.05) is 37.3 Å². The van der Waals surface area contributed by atoms with Crippen LogP contribution in [0, 0.1) is 13.0 Å². The minimum Gasteiger partial charge on any atom is -0.512 e. The smallest absolute Gasteiger partial charge is 0.216 e. The molecule has 6 rings (SSSR count). The summed E-state index contributed by atoms with van der Waals surface area (Å²) in [7, 11) is 0. The number of ketones is 1. The predicted octanol–water partition coefficient (Wildman–Crippen LogP) is 9.85. The zero-order valence-electron chi connectivity index (χ0n) is 25.4. The van der Waals surface area contributed by atoms with E-state index in [0.717, 1.165) is 50.2 Å². The van der Waals surface area contributed by atoms with Crippen LogP contribution >= 0.6 is 0 Å². The van der Waals surface area contributed by atoms with Crippen LogP contribution in [0.5, 0.6) is 0 Å². The van der Waals surface area contributed by atoms with E-state index < -0.39 is 0 Å². The first-order valence-electron chi connectivity index (χ1n) is 14.2. The third-order valence-corrected chi connectivity index (χ3v) is 7.10. The summed E-state index contributed by atoms with van der Waals surface area (Å²) in [5, 5.41) is 10.4. The molecule has 0 unspecified atom stereocenters. The first kappa shape index (κ1) is 31.9. The third-order valence-electron chi connectivity index (χ3n) is 7.10. The maximum Gasteiger partial charge on any atom is 0.216 e. The van der Waals surface area contributed by atoms with Gasteiger partial charge in [-0.1, -0.05) is 62.9 Å². The van der Waals surface area contributed by atoms with Crippen molar-refractivity contribution in [1.29, 1.82) is 0 Å². The zero-order valence-corrected chi connectivity index (χ0v) is 27.8. The van der Waals surface area contributed by atoms with Gasteiger partial charge in [-0.05, 0) is 67.6 Å². The summed E-state index contributed by atoms with van der Waals surface area (Å²) in [6.45, 7) is 13.7. The summed E-state index contributed by atoms with van der Waals surface area (Å²) in [6.07, 6.45) is 1.17. The van der Waals surface area contributed by atoms with Gasteiger partial charge in [0.05, 0.1) is 16.9 Å². The molecule has 223 valence electrons. The van der Waals surface area contributed by atoms with E-state index in [1.54, 1.807) is 0 Å². The quantitative estimate of drug-likeness (QED) is 0.107. The van der Waals surface area contributed by atoms with Crippen LogP contribution < -0.4 is 0 Å². The van der Waals surface area contributed by atoms with Gasteiger partial charge in [0.25, 0.3) is 0 Å². The molecule has 7 heteroatoms. The Balaban J connectivity index is 0.000000475. The van der Waals surface area contributed by atoms with Crippen LogP contribution in [-0.2, 0) is 24.9 Å². The number of carbonyl (C=O) groups excluding carboxylic acids is 1. The number of hydrogen-bond donors (Lipinski definition) is 1. The molecule has 0 amide bonds. The average molecular weight is 752 g/mol. The Morgan fingerprint density at radius 3 is 2.21 bits per heavy atom. The van der Waals surface area contributed by atoms with E-state index in [9.17, 15) is 4.79 Å². The van der Waals surface area contributed by atoms with E-state index >= 15 is 0 Å². The molecule has 0 atom stereocenters. The maximum atomic E-state index is 10.0. The number of fused-ring (bicyclic) bond motifs is 4. The number of aryl methyl sites for hydroxylation is 1. The molecule has 0 aliphatic carbocycles. The summed E-state index contributed by atoms with van der Waals surface area (Å²) in [6, 6.07) is 23.9. The molecule has 0 saturated carbocycles. The number of carbonyl (C=O) groups is 1. The number of nitrogens with zero attached hydrogens (tertiary/aromatic N) is 2. The summed E-state index contributed by atoms with van der Waals surface area (Å²) in [4.78, 5) is 19.6. The van der Waals surface area contributed by atoms with Crippen molar-refractivity contribution >= 4 is 39.0 Å². The first-order valence-corrected chi connectivity index (χ1v) is 14.2. The van der Waals surface area contributed by atoms with Crippen LogP contribution in [0.3, 0.4) is 0 Å². The fourth-order valence-electron chi connectivity index (χ4n) is 5.22. The third kappa shape index (κ3) is 6.64. The van der Waals surface area contributed by atoms with Gasteiger partial charge in [-0.15, -0.1) is 18.2 Å². The fourth-order valence-corrected chi connectivity index (χ4v) is 5.22. The second kappa shape index (κ2) is 13.1. The molecule has 1 radical (unpaired) electrons. The number of aliphatic hydroxyl groups is 1. The predicted molar refractivity (Wildman–Crippen MR) is 169 cm³/mol. The van der Waals surface area contributed by atoms with Crippen molar-refractivity contribution in [3.63, 3.8) is 0 Å². The van der Waals surface area contributed by atoms with Gasteiger partial charge < -0.3 is 13.9 Å².